The van der Waals surface area contributed by atoms with E-state index >= 15 is 0 Å². The third-order valence-corrected chi connectivity index (χ3v) is 6.32. The van der Waals surface area contributed by atoms with Gasteiger partial charge >= 0.3 is 0 Å². The molecular formula is C21H22IN3O3. The fourth-order valence-electron chi connectivity index (χ4n) is 3.85. The zero-order chi connectivity index (χ0) is 19.7. The average Bonchev–Trinajstić information content (AvgIpc) is 3.03. The number of aromatic nitrogens is 1. The number of hydrogen-bond acceptors (Lipinski definition) is 4. The zero-order valence-electron chi connectivity index (χ0n) is 15.7. The molecule has 1 saturated heterocycles. The number of nitro groups is 1. The van der Waals surface area contributed by atoms with Crippen LogP contribution in [0.1, 0.15) is 19.3 Å². The summed E-state index contributed by atoms with van der Waals surface area (Å²) in [6.45, 7) is 2.05. The van der Waals surface area contributed by atoms with Crippen LogP contribution in [0.15, 0.2) is 48.7 Å². The van der Waals surface area contributed by atoms with Gasteiger partial charge in [0.1, 0.15) is 5.75 Å². The highest BCUT2D eigenvalue weighted by Gasteiger charge is 2.21. The Morgan fingerprint density at radius 2 is 2.04 bits per heavy atom. The van der Waals surface area contributed by atoms with Crippen molar-refractivity contribution in [3.05, 3.63) is 62.3 Å². The number of ether oxygens (including phenoxy) is 1. The quantitative estimate of drug-likeness (QED) is 0.271. The van der Waals surface area contributed by atoms with E-state index in [0.29, 0.717) is 11.8 Å². The van der Waals surface area contributed by atoms with Gasteiger partial charge in [0.25, 0.3) is 5.69 Å². The molecule has 0 radical (unpaired) electrons. The van der Waals surface area contributed by atoms with Gasteiger partial charge in [-0.05, 0) is 67.2 Å². The molecule has 0 saturated carbocycles. The molecule has 1 aliphatic rings. The lowest BCUT2D eigenvalue weighted by atomic mass is 10.0. The molecule has 1 fully saturated rings. The van der Waals surface area contributed by atoms with Crippen molar-refractivity contribution < 1.29 is 9.66 Å². The Bertz CT molecular complexity index is 1020. The first-order valence-electron chi connectivity index (χ1n) is 9.43. The Morgan fingerprint density at radius 3 is 2.82 bits per heavy atom. The highest BCUT2D eigenvalue weighted by atomic mass is 127. The number of piperidine rings is 1. The van der Waals surface area contributed by atoms with E-state index in [1.165, 1.54) is 31.4 Å². The van der Waals surface area contributed by atoms with Crippen molar-refractivity contribution in [2.75, 3.05) is 13.6 Å². The van der Waals surface area contributed by atoms with E-state index in [0.717, 1.165) is 33.3 Å². The summed E-state index contributed by atoms with van der Waals surface area (Å²) in [5.74, 6) is 1.24. The summed E-state index contributed by atoms with van der Waals surface area (Å²) in [4.78, 5) is 13.2. The Kier molecular flexibility index (Phi) is 5.54. The maximum absolute atomic E-state index is 11.1. The molecule has 4 rings (SSSR count). The molecule has 1 unspecified atom stereocenters. The number of non-ortho nitro benzene ring substituents is 1. The molecule has 6 nitrogen and oxygen atoms in total. The number of nitro benzene ring substituents is 1. The number of halogens is 1. The number of nitrogens with zero attached hydrogens (tertiary/aromatic N) is 3. The molecule has 1 aromatic heterocycles. The number of para-hydroxylation sites is 1. The molecule has 2 aromatic carbocycles. The van der Waals surface area contributed by atoms with Crippen LogP contribution in [-0.4, -0.2) is 34.0 Å². The maximum Gasteiger partial charge on any atom is 0.273 e. The normalized spacial score (nSPS) is 17.7. The van der Waals surface area contributed by atoms with Crippen LogP contribution in [0, 0.1) is 13.7 Å². The van der Waals surface area contributed by atoms with E-state index in [1.807, 2.05) is 24.4 Å². The highest BCUT2D eigenvalue weighted by Crippen LogP contribution is 2.36. The second kappa shape index (κ2) is 8.08. The highest BCUT2D eigenvalue weighted by molar-refractivity contribution is 14.1. The maximum atomic E-state index is 11.1. The molecule has 0 bridgehead atoms. The van der Waals surface area contributed by atoms with Gasteiger partial charge in [0, 0.05) is 30.2 Å². The summed E-state index contributed by atoms with van der Waals surface area (Å²) < 4.78 is 9.25. The van der Waals surface area contributed by atoms with Gasteiger partial charge in [-0.15, -0.1) is 0 Å². The lowest BCUT2D eigenvalue weighted by molar-refractivity contribution is -0.384. The number of fused-ring (bicyclic) bond motifs is 1. The smallest absolute Gasteiger partial charge is 0.273 e. The summed E-state index contributed by atoms with van der Waals surface area (Å²) in [6.07, 6.45) is 5.76. The van der Waals surface area contributed by atoms with E-state index in [-0.39, 0.29) is 5.69 Å². The summed E-state index contributed by atoms with van der Waals surface area (Å²) in [5.41, 5.74) is 1.15. The number of likely N-dealkylation sites (N-methyl/N-ethyl adjacent to an activating group) is 1. The van der Waals surface area contributed by atoms with E-state index in [9.17, 15) is 10.1 Å². The van der Waals surface area contributed by atoms with Gasteiger partial charge in [-0.3, -0.25) is 10.1 Å². The Morgan fingerprint density at radius 1 is 1.21 bits per heavy atom. The van der Waals surface area contributed by atoms with E-state index in [2.05, 4.69) is 45.2 Å². The molecular weight excluding hydrogens is 469 g/mol. The molecule has 0 amide bonds. The minimum atomic E-state index is -0.398. The lowest BCUT2D eigenvalue weighted by Crippen LogP contribution is -2.38. The molecule has 7 heteroatoms. The largest absolute Gasteiger partial charge is 0.454 e. The first kappa shape index (κ1) is 19.2. The first-order chi connectivity index (χ1) is 13.5. The predicted octanol–water partition coefficient (Wildman–Crippen LogP) is 5.43. The molecule has 2 heterocycles. The molecule has 1 atom stereocenters. The van der Waals surface area contributed by atoms with Crippen molar-refractivity contribution in [3.63, 3.8) is 0 Å². The van der Waals surface area contributed by atoms with Crippen molar-refractivity contribution >= 4 is 39.2 Å². The number of likely N-dealkylation sites (tertiary alicyclic amines) is 1. The monoisotopic (exact) mass is 491 g/mol. The molecule has 146 valence electrons. The van der Waals surface area contributed by atoms with Gasteiger partial charge in [-0.2, -0.15) is 0 Å². The third-order valence-electron chi connectivity index (χ3n) is 5.43. The second-order valence-electron chi connectivity index (χ2n) is 7.27. The summed E-state index contributed by atoms with van der Waals surface area (Å²) in [5, 5.41) is 12.1. The van der Waals surface area contributed by atoms with Gasteiger partial charge in [0.05, 0.1) is 20.1 Å². The molecule has 0 N–H and O–H groups in total. The molecule has 0 spiro atoms. The van der Waals surface area contributed by atoms with Crippen LogP contribution in [-0.2, 0) is 6.54 Å². The standard InChI is InChI=1S/C21H22IN3O3/c1-23-11-5-4-6-16(23)13-24-14-21(17-7-2-3-8-19(17)24)28-20-12-15(25(26)27)9-10-18(20)22/h2-3,7-10,12,14,16H,4-6,11,13H2,1H3. The average molecular weight is 491 g/mol. The molecule has 1 aliphatic heterocycles. The Labute approximate surface area is 177 Å². The van der Waals surface area contributed by atoms with Crippen molar-refractivity contribution in [2.24, 2.45) is 0 Å². The summed E-state index contributed by atoms with van der Waals surface area (Å²) >= 11 is 2.14. The number of rotatable bonds is 5. The second-order valence-corrected chi connectivity index (χ2v) is 8.43. The fraction of sp³-hybridized carbons (Fsp3) is 0.333. The van der Waals surface area contributed by atoms with Crippen LogP contribution in [0.25, 0.3) is 10.9 Å². The van der Waals surface area contributed by atoms with Gasteiger partial charge in [-0.1, -0.05) is 18.6 Å². The zero-order valence-corrected chi connectivity index (χ0v) is 17.8. The summed E-state index contributed by atoms with van der Waals surface area (Å²) in [6, 6.07) is 13.4. The van der Waals surface area contributed by atoms with Gasteiger partial charge < -0.3 is 14.2 Å². The minimum absolute atomic E-state index is 0.0305. The number of hydrogen-bond donors (Lipinski definition) is 0. The van der Waals surface area contributed by atoms with Crippen molar-refractivity contribution in [2.45, 2.75) is 31.8 Å². The molecule has 28 heavy (non-hydrogen) atoms. The topological polar surface area (TPSA) is 60.5 Å². The van der Waals surface area contributed by atoms with Gasteiger partial charge in [-0.25, -0.2) is 0 Å². The Hall–Kier alpha value is -2.13. The van der Waals surface area contributed by atoms with E-state index in [1.54, 1.807) is 6.07 Å². The molecule has 3 aromatic rings. The van der Waals surface area contributed by atoms with E-state index < -0.39 is 4.92 Å². The van der Waals surface area contributed by atoms with Crippen LogP contribution in [0.5, 0.6) is 11.5 Å². The van der Waals surface area contributed by atoms with Crippen molar-refractivity contribution in [3.8, 4) is 11.5 Å². The van der Waals surface area contributed by atoms with Crippen LogP contribution < -0.4 is 4.74 Å². The predicted molar refractivity (Wildman–Crippen MR) is 118 cm³/mol. The first-order valence-corrected chi connectivity index (χ1v) is 10.5. The number of benzene rings is 2. The van der Waals surface area contributed by atoms with Crippen LogP contribution in [0.4, 0.5) is 5.69 Å². The van der Waals surface area contributed by atoms with Crippen molar-refractivity contribution in [1.82, 2.24) is 9.47 Å². The van der Waals surface area contributed by atoms with Gasteiger partial charge in [0.2, 0.25) is 0 Å². The third kappa shape index (κ3) is 3.86. The SMILES string of the molecule is CN1CCCCC1Cn1cc(Oc2cc([N+](=O)[O-])ccc2I)c2ccccc21. The lowest BCUT2D eigenvalue weighted by Gasteiger charge is -2.32. The fourth-order valence-corrected chi connectivity index (χ4v) is 4.30. The van der Waals surface area contributed by atoms with Gasteiger partial charge in [0.15, 0.2) is 5.75 Å². The van der Waals surface area contributed by atoms with Crippen molar-refractivity contribution in [1.29, 1.82) is 0 Å². The van der Waals surface area contributed by atoms with Crippen LogP contribution in [0.2, 0.25) is 0 Å². The summed E-state index contributed by atoms with van der Waals surface area (Å²) in [7, 11) is 2.19. The Balaban J connectivity index is 1.68. The van der Waals surface area contributed by atoms with Crippen LogP contribution >= 0.6 is 22.6 Å². The molecule has 0 aliphatic carbocycles. The van der Waals surface area contributed by atoms with E-state index in [4.69, 9.17) is 4.74 Å². The van der Waals surface area contributed by atoms with Crippen LogP contribution in [0.3, 0.4) is 0 Å². The minimum Gasteiger partial charge on any atom is -0.454 e.